The molecule has 0 amide bonds. The number of rotatable bonds is 3. The molecule has 106 valence electrons. The zero-order valence-electron chi connectivity index (χ0n) is 12.5. The molecule has 19 heavy (non-hydrogen) atoms. The van der Waals surface area contributed by atoms with E-state index in [1.165, 1.54) is 6.42 Å². The highest BCUT2D eigenvalue weighted by molar-refractivity contribution is 5.49. The van der Waals surface area contributed by atoms with E-state index >= 15 is 0 Å². The number of nitrogens with one attached hydrogen (secondary N) is 1. The van der Waals surface area contributed by atoms with Crippen molar-refractivity contribution in [3.63, 3.8) is 0 Å². The Morgan fingerprint density at radius 3 is 2.74 bits per heavy atom. The predicted molar refractivity (Wildman–Crippen MR) is 79.2 cm³/mol. The molecule has 2 nitrogen and oxygen atoms in total. The minimum absolute atomic E-state index is 0.117. The molecule has 1 fully saturated rings. The fourth-order valence-electron chi connectivity index (χ4n) is 2.51. The van der Waals surface area contributed by atoms with Crippen LogP contribution in [0.15, 0.2) is 18.2 Å². The first-order chi connectivity index (χ1) is 8.85. The number of halogens is 1. The van der Waals surface area contributed by atoms with Crippen molar-refractivity contribution in [2.24, 2.45) is 5.92 Å². The lowest BCUT2D eigenvalue weighted by atomic mass is 10.1. The first kappa shape index (κ1) is 14.3. The number of hydrogen-bond donors (Lipinski definition) is 1. The Labute approximate surface area is 116 Å². The van der Waals surface area contributed by atoms with Crippen molar-refractivity contribution >= 4 is 5.69 Å². The van der Waals surface area contributed by atoms with Crippen LogP contribution in [0.1, 0.15) is 32.8 Å². The second-order valence-corrected chi connectivity index (χ2v) is 6.67. The van der Waals surface area contributed by atoms with E-state index in [0.29, 0.717) is 5.92 Å². The molecule has 0 bridgehead atoms. The first-order valence-electron chi connectivity index (χ1n) is 7.11. The molecule has 0 aromatic heterocycles. The number of anilines is 1. The van der Waals surface area contributed by atoms with Crippen molar-refractivity contribution in [3.8, 4) is 0 Å². The van der Waals surface area contributed by atoms with Gasteiger partial charge in [-0.15, -0.1) is 0 Å². The molecular weight excluding hydrogens is 239 g/mol. The van der Waals surface area contributed by atoms with Gasteiger partial charge < -0.3 is 10.2 Å². The summed E-state index contributed by atoms with van der Waals surface area (Å²) in [5, 5.41) is 3.57. The maximum Gasteiger partial charge on any atom is 0.126 e. The standard InChI is InChI=1S/C16H25FN2/c1-12-9-14(5-6-15(12)17)19-8-7-13(11-19)10-18-16(2,3)4/h5-6,9,13,18H,7-8,10-11H2,1-4H3. The topological polar surface area (TPSA) is 15.3 Å². The molecule has 1 saturated heterocycles. The molecule has 1 unspecified atom stereocenters. The summed E-state index contributed by atoms with van der Waals surface area (Å²) in [6.45, 7) is 11.6. The largest absolute Gasteiger partial charge is 0.371 e. The van der Waals surface area contributed by atoms with Gasteiger partial charge in [0.2, 0.25) is 0 Å². The Morgan fingerprint density at radius 1 is 1.37 bits per heavy atom. The molecule has 0 aliphatic carbocycles. The summed E-state index contributed by atoms with van der Waals surface area (Å²) in [6, 6.07) is 5.42. The molecular formula is C16H25FN2. The van der Waals surface area contributed by atoms with Gasteiger partial charge in [-0.3, -0.25) is 0 Å². The molecule has 1 N–H and O–H groups in total. The molecule has 1 aromatic carbocycles. The van der Waals surface area contributed by atoms with Gasteiger partial charge >= 0.3 is 0 Å². The molecule has 0 saturated carbocycles. The second kappa shape index (κ2) is 5.49. The van der Waals surface area contributed by atoms with E-state index < -0.39 is 0 Å². The van der Waals surface area contributed by atoms with E-state index in [1.807, 2.05) is 19.1 Å². The summed E-state index contributed by atoms with van der Waals surface area (Å²) in [5.74, 6) is 0.568. The van der Waals surface area contributed by atoms with Crippen LogP contribution in [-0.2, 0) is 0 Å². The van der Waals surface area contributed by atoms with Gasteiger partial charge in [0.1, 0.15) is 5.82 Å². The summed E-state index contributed by atoms with van der Waals surface area (Å²) in [5.41, 5.74) is 2.06. The lowest BCUT2D eigenvalue weighted by molar-refractivity contribution is 0.383. The van der Waals surface area contributed by atoms with Crippen LogP contribution >= 0.6 is 0 Å². The fraction of sp³-hybridized carbons (Fsp3) is 0.625. The van der Waals surface area contributed by atoms with Crippen molar-refractivity contribution < 1.29 is 4.39 Å². The Hall–Kier alpha value is -1.09. The number of benzene rings is 1. The van der Waals surface area contributed by atoms with Crippen LogP contribution in [0.4, 0.5) is 10.1 Å². The third-order valence-corrected chi connectivity index (χ3v) is 3.71. The zero-order valence-corrected chi connectivity index (χ0v) is 12.5. The summed E-state index contributed by atoms with van der Waals surface area (Å²) in [6.07, 6.45) is 1.21. The van der Waals surface area contributed by atoms with Gasteiger partial charge in [0.25, 0.3) is 0 Å². The van der Waals surface area contributed by atoms with Crippen LogP contribution < -0.4 is 10.2 Å². The highest BCUT2D eigenvalue weighted by Crippen LogP contribution is 2.25. The summed E-state index contributed by atoms with van der Waals surface area (Å²) >= 11 is 0. The van der Waals surface area contributed by atoms with E-state index in [-0.39, 0.29) is 11.4 Å². The lowest BCUT2D eigenvalue weighted by Crippen LogP contribution is -2.39. The average molecular weight is 264 g/mol. The van der Waals surface area contributed by atoms with Crippen molar-refractivity contribution in [2.45, 2.75) is 39.7 Å². The van der Waals surface area contributed by atoms with Crippen molar-refractivity contribution in [3.05, 3.63) is 29.6 Å². The molecule has 1 heterocycles. The van der Waals surface area contributed by atoms with Crippen molar-refractivity contribution in [1.82, 2.24) is 5.32 Å². The smallest absolute Gasteiger partial charge is 0.126 e. The molecule has 0 radical (unpaired) electrons. The first-order valence-corrected chi connectivity index (χ1v) is 7.11. The third-order valence-electron chi connectivity index (χ3n) is 3.71. The Balaban J connectivity index is 1.92. The molecule has 1 atom stereocenters. The molecule has 1 aliphatic heterocycles. The molecule has 0 spiro atoms. The van der Waals surface area contributed by atoms with E-state index in [4.69, 9.17) is 0 Å². The minimum Gasteiger partial charge on any atom is -0.371 e. The zero-order chi connectivity index (χ0) is 14.0. The van der Waals surface area contributed by atoms with Gasteiger partial charge in [0.15, 0.2) is 0 Å². The summed E-state index contributed by atoms with van der Waals surface area (Å²) in [7, 11) is 0. The van der Waals surface area contributed by atoms with Crippen LogP contribution in [0.2, 0.25) is 0 Å². The van der Waals surface area contributed by atoms with Crippen molar-refractivity contribution in [2.75, 3.05) is 24.5 Å². The monoisotopic (exact) mass is 264 g/mol. The molecule has 1 aromatic rings. The van der Waals surface area contributed by atoms with Crippen LogP contribution in [0.5, 0.6) is 0 Å². The van der Waals surface area contributed by atoms with Crippen LogP contribution in [-0.4, -0.2) is 25.2 Å². The van der Waals surface area contributed by atoms with Gasteiger partial charge in [0, 0.05) is 30.9 Å². The van der Waals surface area contributed by atoms with E-state index in [9.17, 15) is 4.39 Å². The van der Waals surface area contributed by atoms with Crippen LogP contribution in [0.3, 0.4) is 0 Å². The van der Waals surface area contributed by atoms with Gasteiger partial charge in [-0.2, -0.15) is 0 Å². The number of nitrogens with zero attached hydrogens (tertiary/aromatic N) is 1. The van der Waals surface area contributed by atoms with E-state index in [2.05, 4.69) is 31.0 Å². The lowest BCUT2D eigenvalue weighted by Gasteiger charge is -2.24. The molecule has 3 heteroatoms. The van der Waals surface area contributed by atoms with Gasteiger partial charge in [-0.25, -0.2) is 4.39 Å². The molecule has 2 rings (SSSR count). The third kappa shape index (κ3) is 3.93. The van der Waals surface area contributed by atoms with Gasteiger partial charge in [0.05, 0.1) is 0 Å². The number of hydrogen-bond acceptors (Lipinski definition) is 2. The normalized spacial score (nSPS) is 20.1. The number of aryl methyl sites for hydroxylation is 1. The fourth-order valence-corrected chi connectivity index (χ4v) is 2.51. The van der Waals surface area contributed by atoms with E-state index in [1.54, 1.807) is 6.07 Å². The maximum absolute atomic E-state index is 13.3. The highest BCUT2D eigenvalue weighted by atomic mass is 19.1. The predicted octanol–water partition coefficient (Wildman–Crippen LogP) is 3.35. The van der Waals surface area contributed by atoms with Crippen LogP contribution in [0.25, 0.3) is 0 Å². The Kier molecular flexibility index (Phi) is 4.14. The maximum atomic E-state index is 13.3. The van der Waals surface area contributed by atoms with E-state index in [0.717, 1.165) is 30.9 Å². The SMILES string of the molecule is Cc1cc(N2CCC(CNC(C)(C)C)C2)ccc1F. The van der Waals surface area contributed by atoms with Crippen LogP contribution in [0, 0.1) is 18.7 Å². The van der Waals surface area contributed by atoms with Gasteiger partial charge in [-0.05, 0) is 63.8 Å². The Bertz CT molecular complexity index is 437. The average Bonchev–Trinajstić information content (AvgIpc) is 2.78. The van der Waals surface area contributed by atoms with Crippen molar-refractivity contribution in [1.29, 1.82) is 0 Å². The highest BCUT2D eigenvalue weighted by Gasteiger charge is 2.24. The molecule has 1 aliphatic rings. The summed E-state index contributed by atoms with van der Waals surface area (Å²) in [4.78, 5) is 2.36. The Morgan fingerprint density at radius 2 is 2.11 bits per heavy atom. The quantitative estimate of drug-likeness (QED) is 0.900. The second-order valence-electron chi connectivity index (χ2n) is 6.67. The summed E-state index contributed by atoms with van der Waals surface area (Å²) < 4.78 is 13.3. The minimum atomic E-state index is -0.117. The van der Waals surface area contributed by atoms with Gasteiger partial charge in [-0.1, -0.05) is 0 Å².